The normalized spacial score (nSPS) is 16.8. The molecule has 1 aliphatic rings. The largest absolute Gasteiger partial charge is 0.339 e. The van der Waals surface area contributed by atoms with Gasteiger partial charge in [0.25, 0.3) is 11.8 Å². The fourth-order valence-corrected chi connectivity index (χ4v) is 3.57. The van der Waals surface area contributed by atoms with Crippen LogP contribution in [0.15, 0.2) is 42.6 Å². The van der Waals surface area contributed by atoms with Crippen LogP contribution >= 0.6 is 0 Å². The van der Waals surface area contributed by atoms with E-state index >= 15 is 0 Å². The SMILES string of the molecule is C[C@H](Cc1ccccc1)NC(=O)Nc1cc2[nH]nc(C(=O)NC3CCN(O)C3=O)c2cn1. The number of hydroxylamine groups is 2. The molecule has 11 heteroatoms. The molecule has 5 N–H and O–H groups in total. The van der Waals surface area contributed by atoms with Gasteiger partial charge in [-0.25, -0.2) is 14.8 Å². The van der Waals surface area contributed by atoms with Crippen molar-refractivity contribution in [3.63, 3.8) is 0 Å². The summed E-state index contributed by atoms with van der Waals surface area (Å²) < 4.78 is 0. The second kappa shape index (κ2) is 9.02. The molecule has 32 heavy (non-hydrogen) atoms. The summed E-state index contributed by atoms with van der Waals surface area (Å²) in [6.45, 7) is 2.07. The van der Waals surface area contributed by atoms with Crippen molar-refractivity contribution in [3.8, 4) is 0 Å². The van der Waals surface area contributed by atoms with Gasteiger partial charge in [-0.1, -0.05) is 30.3 Å². The number of anilines is 1. The van der Waals surface area contributed by atoms with Gasteiger partial charge in [0.15, 0.2) is 5.69 Å². The summed E-state index contributed by atoms with van der Waals surface area (Å²) >= 11 is 0. The van der Waals surface area contributed by atoms with Gasteiger partial charge in [0.1, 0.15) is 11.9 Å². The standard InChI is InChI=1S/C21H23N7O4/c1-12(9-13-5-3-2-4-6-13)23-21(31)25-17-10-16-14(11-22-17)18(27-26-16)19(29)24-15-7-8-28(32)20(15)30/h2-6,10-12,15,32H,7-9H2,1H3,(H,24,29)(H,26,27)(H2,22,23,25,31)/t12-,15?/m1/s1. The zero-order valence-corrected chi connectivity index (χ0v) is 17.3. The van der Waals surface area contributed by atoms with Gasteiger partial charge in [-0.2, -0.15) is 5.10 Å². The van der Waals surface area contributed by atoms with E-state index < -0.39 is 23.9 Å². The van der Waals surface area contributed by atoms with E-state index in [1.165, 1.54) is 6.20 Å². The molecule has 4 rings (SSSR count). The molecule has 1 fully saturated rings. The number of H-pyrrole nitrogens is 1. The Labute approximate surface area is 183 Å². The van der Waals surface area contributed by atoms with Crippen molar-refractivity contribution in [2.75, 3.05) is 11.9 Å². The molecular weight excluding hydrogens is 414 g/mol. The molecule has 2 aromatic heterocycles. The Morgan fingerprint density at radius 2 is 2.09 bits per heavy atom. The average molecular weight is 437 g/mol. The maximum Gasteiger partial charge on any atom is 0.320 e. The molecule has 3 aromatic rings. The first-order chi connectivity index (χ1) is 15.4. The van der Waals surface area contributed by atoms with Crippen LogP contribution in [-0.2, 0) is 11.2 Å². The summed E-state index contributed by atoms with van der Waals surface area (Å²) in [7, 11) is 0. The monoisotopic (exact) mass is 437 g/mol. The van der Waals surface area contributed by atoms with E-state index in [2.05, 4.69) is 31.1 Å². The molecule has 1 aromatic carbocycles. The smallest absolute Gasteiger partial charge is 0.320 e. The highest BCUT2D eigenvalue weighted by Gasteiger charge is 2.33. The van der Waals surface area contributed by atoms with Gasteiger partial charge in [-0.3, -0.25) is 25.2 Å². The molecule has 1 unspecified atom stereocenters. The number of nitrogens with one attached hydrogen (secondary N) is 4. The van der Waals surface area contributed by atoms with Gasteiger partial charge < -0.3 is 10.6 Å². The van der Waals surface area contributed by atoms with Crippen LogP contribution < -0.4 is 16.0 Å². The van der Waals surface area contributed by atoms with E-state index in [0.29, 0.717) is 34.6 Å². The number of carbonyl (C=O) groups excluding carboxylic acids is 3. The Balaban J connectivity index is 1.37. The number of benzene rings is 1. The van der Waals surface area contributed by atoms with E-state index in [4.69, 9.17) is 0 Å². The number of rotatable bonds is 6. The highest BCUT2D eigenvalue weighted by Crippen LogP contribution is 2.19. The third-order valence-electron chi connectivity index (χ3n) is 5.15. The number of aromatic amines is 1. The lowest BCUT2D eigenvalue weighted by Crippen LogP contribution is -2.40. The van der Waals surface area contributed by atoms with Gasteiger partial charge in [0, 0.05) is 18.3 Å². The Morgan fingerprint density at radius 3 is 2.81 bits per heavy atom. The summed E-state index contributed by atoms with van der Waals surface area (Å²) in [4.78, 5) is 40.8. The Morgan fingerprint density at radius 1 is 1.31 bits per heavy atom. The van der Waals surface area contributed by atoms with Crippen molar-refractivity contribution >= 4 is 34.6 Å². The molecule has 0 aliphatic carbocycles. The average Bonchev–Trinajstić information content (AvgIpc) is 3.32. The minimum Gasteiger partial charge on any atom is -0.339 e. The van der Waals surface area contributed by atoms with Crippen LogP contribution in [-0.4, -0.2) is 61.9 Å². The lowest BCUT2D eigenvalue weighted by molar-refractivity contribution is -0.158. The van der Waals surface area contributed by atoms with Gasteiger partial charge in [0.05, 0.1) is 17.4 Å². The van der Waals surface area contributed by atoms with E-state index in [9.17, 15) is 19.6 Å². The topological polar surface area (TPSA) is 152 Å². The molecule has 11 nitrogen and oxygen atoms in total. The van der Waals surface area contributed by atoms with Crippen LogP contribution in [0.3, 0.4) is 0 Å². The lowest BCUT2D eigenvalue weighted by Gasteiger charge is -2.14. The molecule has 4 amide bonds. The van der Waals surface area contributed by atoms with Crippen molar-refractivity contribution in [1.82, 2.24) is 30.9 Å². The maximum absolute atomic E-state index is 12.5. The number of fused-ring (bicyclic) bond motifs is 1. The van der Waals surface area contributed by atoms with Crippen LogP contribution in [0.2, 0.25) is 0 Å². The van der Waals surface area contributed by atoms with E-state index in [1.807, 2.05) is 37.3 Å². The minimum atomic E-state index is -0.797. The number of carbonyl (C=O) groups is 3. The Kier molecular flexibility index (Phi) is 5.99. The van der Waals surface area contributed by atoms with E-state index in [0.717, 1.165) is 5.56 Å². The van der Waals surface area contributed by atoms with Gasteiger partial charge >= 0.3 is 6.03 Å². The number of aromatic nitrogens is 3. The lowest BCUT2D eigenvalue weighted by atomic mass is 10.1. The highest BCUT2D eigenvalue weighted by molar-refractivity contribution is 6.06. The molecule has 0 saturated carbocycles. The number of hydrogen-bond donors (Lipinski definition) is 5. The summed E-state index contributed by atoms with van der Waals surface area (Å²) in [6.07, 6.45) is 2.43. The fourth-order valence-electron chi connectivity index (χ4n) is 3.57. The van der Waals surface area contributed by atoms with Gasteiger partial charge in [-0.05, 0) is 25.3 Å². The predicted octanol–water partition coefficient (Wildman–Crippen LogP) is 1.43. The minimum absolute atomic E-state index is 0.0733. The van der Waals surface area contributed by atoms with Crippen LogP contribution in [0, 0.1) is 0 Å². The number of amides is 4. The van der Waals surface area contributed by atoms with Crippen LogP contribution in [0.1, 0.15) is 29.4 Å². The van der Waals surface area contributed by atoms with Crippen molar-refractivity contribution in [3.05, 3.63) is 53.9 Å². The summed E-state index contributed by atoms with van der Waals surface area (Å²) in [5.74, 6) is -0.824. The Hall–Kier alpha value is -3.99. The molecule has 1 saturated heterocycles. The van der Waals surface area contributed by atoms with Gasteiger partial charge in [0.2, 0.25) is 0 Å². The van der Waals surface area contributed by atoms with Crippen molar-refractivity contribution < 1.29 is 19.6 Å². The molecular formula is C21H23N7O4. The zero-order valence-electron chi connectivity index (χ0n) is 17.3. The first-order valence-corrected chi connectivity index (χ1v) is 10.2. The molecule has 166 valence electrons. The third kappa shape index (κ3) is 4.67. The Bertz CT molecular complexity index is 1150. The number of pyridine rings is 1. The number of nitrogens with zero attached hydrogens (tertiary/aromatic N) is 3. The number of urea groups is 1. The highest BCUT2D eigenvalue weighted by atomic mass is 16.5. The molecule has 2 atom stereocenters. The first-order valence-electron chi connectivity index (χ1n) is 10.2. The first kappa shape index (κ1) is 21.2. The van der Waals surface area contributed by atoms with Crippen molar-refractivity contribution in [2.24, 2.45) is 0 Å². The maximum atomic E-state index is 12.5. The van der Waals surface area contributed by atoms with E-state index in [-0.39, 0.29) is 18.3 Å². The molecule has 0 bridgehead atoms. The van der Waals surface area contributed by atoms with Crippen LogP contribution in [0.5, 0.6) is 0 Å². The van der Waals surface area contributed by atoms with E-state index in [1.54, 1.807) is 6.07 Å². The number of hydrogen-bond acceptors (Lipinski definition) is 6. The third-order valence-corrected chi connectivity index (χ3v) is 5.15. The van der Waals surface area contributed by atoms with Crippen LogP contribution in [0.25, 0.3) is 10.9 Å². The summed E-state index contributed by atoms with van der Waals surface area (Å²) in [5, 5.41) is 25.2. The quantitative estimate of drug-likeness (QED) is 0.368. The summed E-state index contributed by atoms with van der Waals surface area (Å²) in [6, 6.07) is 10.1. The summed E-state index contributed by atoms with van der Waals surface area (Å²) in [5.41, 5.74) is 1.69. The van der Waals surface area contributed by atoms with Crippen LogP contribution in [0.4, 0.5) is 10.6 Å². The van der Waals surface area contributed by atoms with Gasteiger partial charge in [-0.15, -0.1) is 0 Å². The zero-order chi connectivity index (χ0) is 22.7. The molecule has 3 heterocycles. The van der Waals surface area contributed by atoms with Crippen molar-refractivity contribution in [2.45, 2.75) is 31.8 Å². The van der Waals surface area contributed by atoms with Crippen molar-refractivity contribution in [1.29, 1.82) is 0 Å². The fraction of sp³-hybridized carbons (Fsp3) is 0.286. The molecule has 1 aliphatic heterocycles. The molecule has 0 spiro atoms. The second-order valence-electron chi connectivity index (χ2n) is 7.65. The molecule has 0 radical (unpaired) electrons. The second-order valence-corrected chi connectivity index (χ2v) is 7.65. The predicted molar refractivity (Wildman–Crippen MR) is 115 cm³/mol.